The second kappa shape index (κ2) is 32.8. The minimum atomic E-state index is 0. The summed E-state index contributed by atoms with van der Waals surface area (Å²) >= 11 is 35.1. The predicted molar refractivity (Wildman–Crippen MR) is 126 cm³/mol. The zero-order valence-electron chi connectivity index (χ0n) is 14.1. The number of thiocarbonyl (C=S) groups is 4. The van der Waals surface area contributed by atoms with Crippen molar-refractivity contribution in [2.75, 3.05) is 26.4 Å². The van der Waals surface area contributed by atoms with Crippen molar-refractivity contribution in [1.29, 1.82) is 0 Å². The maximum absolute atomic E-state index is 4.59. The van der Waals surface area contributed by atoms with E-state index >= 15 is 0 Å². The molecule has 4 nitrogen and oxygen atoms in total. The summed E-state index contributed by atoms with van der Waals surface area (Å²) in [5.74, 6) is 0. The van der Waals surface area contributed by atoms with Gasteiger partial charge in [0.1, 0.15) is 0 Å². The van der Waals surface area contributed by atoms with Gasteiger partial charge in [0.15, 0.2) is 0 Å². The first kappa shape index (κ1) is 37.0. The molecule has 0 aliphatic heterocycles. The van der Waals surface area contributed by atoms with Crippen molar-refractivity contribution in [3.05, 3.63) is 0 Å². The van der Waals surface area contributed by atoms with E-state index in [1.165, 1.54) is 0 Å². The number of ether oxygens (including phenoxy) is 4. The molecule has 0 unspecified atom stereocenters. The smallest absolute Gasteiger partial charge is 0.514 e. The zero-order valence-corrected chi connectivity index (χ0v) is 22.7. The molecule has 0 fully saturated rings. The summed E-state index contributed by atoms with van der Waals surface area (Å²) in [6, 6.07) is 0. The van der Waals surface area contributed by atoms with Crippen LogP contribution in [0.25, 0.3) is 0 Å². The van der Waals surface area contributed by atoms with Crippen LogP contribution in [0.1, 0.15) is 27.7 Å². The largest absolute Gasteiger partial charge is 4.00 e. The van der Waals surface area contributed by atoms with Crippen LogP contribution >= 0.6 is 48.9 Å². The van der Waals surface area contributed by atoms with Crippen molar-refractivity contribution in [2.24, 2.45) is 0 Å². The number of hydrogen-bond donors (Lipinski definition) is 0. The van der Waals surface area contributed by atoms with E-state index in [0.717, 1.165) is 0 Å². The first-order chi connectivity index (χ1) is 11.1. The molecule has 0 spiro atoms. The van der Waals surface area contributed by atoms with Crippen LogP contribution in [-0.2, 0) is 90.5 Å². The van der Waals surface area contributed by atoms with Crippen LogP contribution in [0.2, 0.25) is 0 Å². The Morgan fingerprint density at radius 2 is 0.640 bits per heavy atom. The molecule has 0 aliphatic rings. The van der Waals surface area contributed by atoms with E-state index in [-0.39, 0.29) is 38.6 Å². The third-order valence-electron chi connectivity index (χ3n) is 1.05. The molecule has 146 valence electrons. The van der Waals surface area contributed by atoms with Crippen molar-refractivity contribution in [1.82, 2.24) is 0 Å². The molecule has 0 bridgehead atoms. The third-order valence-corrected chi connectivity index (χ3v) is 1.99. The molecule has 0 aromatic rings. The Morgan fingerprint density at radius 1 is 0.520 bits per heavy atom. The van der Waals surface area contributed by atoms with Gasteiger partial charge >= 0.3 is 21.1 Å². The second-order valence-corrected chi connectivity index (χ2v) is 6.73. The van der Waals surface area contributed by atoms with Crippen molar-refractivity contribution < 1.29 is 40.0 Å². The first-order valence-electron chi connectivity index (χ1n) is 6.43. The van der Waals surface area contributed by atoms with Crippen LogP contribution < -0.4 is 0 Å². The van der Waals surface area contributed by atoms with Crippen molar-refractivity contribution >= 4 is 117 Å². The molecule has 25 heavy (non-hydrogen) atoms. The Bertz CT molecular complexity index is 281. The summed E-state index contributed by atoms with van der Waals surface area (Å²) in [6.07, 6.45) is 0. The zero-order chi connectivity index (χ0) is 20.0. The summed E-state index contributed by atoms with van der Waals surface area (Å²) in [5.41, 5.74) is 0. The fourth-order valence-corrected chi connectivity index (χ4v) is 1.41. The quantitative estimate of drug-likeness (QED) is 0.278. The Labute approximate surface area is 209 Å². The van der Waals surface area contributed by atoms with E-state index in [4.69, 9.17) is 0 Å². The van der Waals surface area contributed by atoms with Gasteiger partial charge in [-0.3, -0.25) is 0 Å². The van der Waals surface area contributed by atoms with Crippen LogP contribution in [0.3, 0.4) is 0 Å². The van der Waals surface area contributed by atoms with Gasteiger partial charge in [-0.1, -0.05) is 0 Å². The van der Waals surface area contributed by atoms with Gasteiger partial charge in [-0.05, 0) is 27.7 Å². The SMILES string of the molecule is CCOC(=S)[S-].CCOC(=S)[S-].CCOC(=S)[S-].CCOC(=S)[S-].[Mo+4]. The average Bonchev–Trinajstić information content (AvgIpc) is 2.39. The molecule has 0 aromatic heterocycles. The van der Waals surface area contributed by atoms with Gasteiger partial charge in [0, 0.05) is 17.5 Å². The molecule has 0 aliphatic carbocycles. The number of hydrogen-bond acceptors (Lipinski definition) is 12. The summed E-state index contributed by atoms with van der Waals surface area (Å²) in [5, 5.41) is 0. The predicted octanol–water partition coefficient (Wildman–Crippen LogP) is 3.42. The average molecular weight is 581 g/mol. The van der Waals surface area contributed by atoms with Crippen molar-refractivity contribution in [2.45, 2.75) is 27.7 Å². The topological polar surface area (TPSA) is 36.9 Å². The molecule has 0 atom stereocenters. The Balaban J connectivity index is -0.0000000702. The molecule has 0 aromatic carbocycles. The molecule has 0 rings (SSSR count). The van der Waals surface area contributed by atoms with E-state index < -0.39 is 0 Å². The van der Waals surface area contributed by atoms with Crippen molar-refractivity contribution in [3.63, 3.8) is 0 Å². The second-order valence-electron chi connectivity index (χ2n) is 2.73. The van der Waals surface area contributed by atoms with Crippen molar-refractivity contribution in [3.8, 4) is 0 Å². The van der Waals surface area contributed by atoms with Gasteiger partial charge in [0.05, 0.1) is 26.4 Å². The van der Waals surface area contributed by atoms with Crippen LogP contribution in [0.4, 0.5) is 0 Å². The van der Waals surface area contributed by atoms with E-state index in [0.29, 0.717) is 26.4 Å². The normalized spacial score (nSPS) is 7.20. The van der Waals surface area contributed by atoms with E-state index in [1.54, 1.807) is 0 Å². The molecule has 13 heteroatoms. The summed E-state index contributed by atoms with van der Waals surface area (Å²) in [4.78, 5) is 0. The monoisotopic (exact) mass is 582 g/mol. The third kappa shape index (κ3) is 78.0. The maximum atomic E-state index is 4.59. The van der Waals surface area contributed by atoms with Gasteiger partial charge in [0.2, 0.25) is 0 Å². The Morgan fingerprint density at radius 3 is 0.640 bits per heavy atom. The summed E-state index contributed by atoms with van der Waals surface area (Å²) in [6.45, 7) is 9.73. The van der Waals surface area contributed by atoms with Gasteiger partial charge in [0.25, 0.3) is 0 Å². The fourth-order valence-electron chi connectivity index (χ4n) is 0.471. The molecule has 0 saturated heterocycles. The molecule has 0 amide bonds. The Hall–Kier alpha value is 1.13. The number of rotatable bonds is 4. The van der Waals surface area contributed by atoms with E-state index in [2.05, 4.69) is 118 Å². The van der Waals surface area contributed by atoms with Gasteiger partial charge in [-0.25, -0.2) is 0 Å². The molecule has 0 heterocycles. The van der Waals surface area contributed by atoms with Crippen LogP contribution in [0, 0.1) is 0 Å². The maximum Gasteiger partial charge on any atom is 4.00 e. The fraction of sp³-hybridized carbons (Fsp3) is 0.667. The van der Waals surface area contributed by atoms with Gasteiger partial charge in [-0.2, -0.15) is 0 Å². The summed E-state index contributed by atoms with van der Waals surface area (Å²) in [7, 11) is 0. The molecule has 0 saturated carbocycles. The Kier molecular flexibility index (Phi) is 48.4. The van der Waals surface area contributed by atoms with E-state index in [9.17, 15) is 0 Å². The molecular formula is C12H20MoO4S8. The van der Waals surface area contributed by atoms with E-state index in [1.807, 2.05) is 27.7 Å². The minimum absolute atomic E-state index is 0. The van der Waals surface area contributed by atoms with Gasteiger partial charge in [-0.15, -0.1) is 0 Å². The minimum Gasteiger partial charge on any atom is -0.514 e. The van der Waals surface area contributed by atoms with Crippen LogP contribution in [-0.4, -0.2) is 44.0 Å². The molecular weight excluding hydrogens is 561 g/mol. The van der Waals surface area contributed by atoms with Crippen LogP contribution in [0.15, 0.2) is 0 Å². The summed E-state index contributed by atoms with van der Waals surface area (Å²) < 4.78 is 19.2. The molecule has 0 N–H and O–H groups in total. The van der Waals surface area contributed by atoms with Gasteiger partial charge < -0.3 is 118 Å². The standard InChI is InChI=1S/4C3H6OS2.Mo/c4*1-2-4-3(5)6;/h4*2H2,1H3,(H,5,6);/q;;;;+4/p-4. The van der Waals surface area contributed by atoms with Crippen LogP contribution in [0.5, 0.6) is 0 Å². The molecule has 0 radical (unpaired) electrons. The first-order valence-corrected chi connectivity index (χ1v) is 9.70.